The lowest BCUT2D eigenvalue weighted by Gasteiger charge is -2.07. The van der Waals surface area contributed by atoms with E-state index in [4.69, 9.17) is 9.47 Å². The lowest BCUT2D eigenvalue weighted by atomic mass is 10.3. The fraction of sp³-hybridized carbons (Fsp3) is 0.615. The SMILES string of the molecule is COCCOCCCCNc1nc(C)ccc1[N+](=O)[O-]. The van der Waals surface area contributed by atoms with Crippen molar-refractivity contribution in [3.8, 4) is 0 Å². The van der Waals surface area contributed by atoms with Crippen LogP contribution in [0.25, 0.3) is 0 Å². The number of nitro groups is 1. The molecule has 0 aliphatic rings. The van der Waals surface area contributed by atoms with Crippen molar-refractivity contribution < 1.29 is 14.4 Å². The Hall–Kier alpha value is -1.73. The van der Waals surface area contributed by atoms with Gasteiger partial charge in [0.15, 0.2) is 0 Å². The van der Waals surface area contributed by atoms with Crippen molar-refractivity contribution in [2.45, 2.75) is 19.8 Å². The van der Waals surface area contributed by atoms with Gasteiger partial charge in [-0.05, 0) is 25.8 Å². The third kappa shape index (κ3) is 5.94. The Morgan fingerprint density at radius 2 is 2.10 bits per heavy atom. The Bertz CT molecular complexity index is 426. The van der Waals surface area contributed by atoms with Gasteiger partial charge in [0.2, 0.25) is 5.82 Å². The van der Waals surface area contributed by atoms with E-state index in [9.17, 15) is 10.1 Å². The molecule has 20 heavy (non-hydrogen) atoms. The number of aromatic nitrogens is 1. The average Bonchev–Trinajstić information content (AvgIpc) is 2.41. The van der Waals surface area contributed by atoms with Crippen LogP contribution in [-0.2, 0) is 9.47 Å². The molecule has 0 aliphatic carbocycles. The first-order valence-corrected chi connectivity index (χ1v) is 6.57. The van der Waals surface area contributed by atoms with Crippen LogP contribution in [-0.4, -0.2) is 43.4 Å². The zero-order valence-corrected chi connectivity index (χ0v) is 11.9. The maximum Gasteiger partial charge on any atom is 0.311 e. The van der Waals surface area contributed by atoms with E-state index in [-0.39, 0.29) is 5.69 Å². The van der Waals surface area contributed by atoms with Gasteiger partial charge in [0.1, 0.15) is 0 Å². The number of aryl methyl sites for hydroxylation is 1. The summed E-state index contributed by atoms with van der Waals surface area (Å²) in [5, 5.41) is 13.9. The summed E-state index contributed by atoms with van der Waals surface area (Å²) in [4.78, 5) is 14.6. The first kappa shape index (κ1) is 16.3. The van der Waals surface area contributed by atoms with E-state index >= 15 is 0 Å². The summed E-state index contributed by atoms with van der Waals surface area (Å²) in [5.41, 5.74) is 0.757. The highest BCUT2D eigenvalue weighted by Crippen LogP contribution is 2.21. The van der Waals surface area contributed by atoms with Crippen LogP contribution in [0.2, 0.25) is 0 Å². The van der Waals surface area contributed by atoms with Gasteiger partial charge in [0, 0.05) is 32.0 Å². The van der Waals surface area contributed by atoms with E-state index < -0.39 is 4.92 Å². The Kier molecular flexibility index (Phi) is 7.52. The average molecular weight is 283 g/mol. The number of nitrogens with zero attached hydrogens (tertiary/aromatic N) is 2. The molecule has 0 unspecified atom stereocenters. The number of ether oxygens (including phenoxy) is 2. The molecular formula is C13H21N3O4. The number of hydrogen-bond donors (Lipinski definition) is 1. The van der Waals surface area contributed by atoms with Crippen LogP contribution in [0.3, 0.4) is 0 Å². The van der Waals surface area contributed by atoms with Crippen LogP contribution < -0.4 is 5.32 Å². The number of hydrogen-bond acceptors (Lipinski definition) is 6. The summed E-state index contributed by atoms with van der Waals surface area (Å²) in [6, 6.07) is 3.10. The highest BCUT2D eigenvalue weighted by atomic mass is 16.6. The maximum atomic E-state index is 10.9. The molecule has 112 valence electrons. The van der Waals surface area contributed by atoms with Crippen LogP contribution in [0, 0.1) is 17.0 Å². The van der Waals surface area contributed by atoms with Gasteiger partial charge in [-0.1, -0.05) is 0 Å². The van der Waals surface area contributed by atoms with Crippen molar-refractivity contribution in [3.63, 3.8) is 0 Å². The highest BCUT2D eigenvalue weighted by molar-refractivity contribution is 5.55. The molecule has 0 spiro atoms. The Labute approximate surface area is 118 Å². The summed E-state index contributed by atoms with van der Waals surface area (Å²) in [6.07, 6.45) is 1.75. The molecule has 7 nitrogen and oxygen atoms in total. The minimum atomic E-state index is -0.428. The predicted molar refractivity (Wildman–Crippen MR) is 76.0 cm³/mol. The second-order valence-electron chi connectivity index (χ2n) is 4.32. The quantitative estimate of drug-likeness (QED) is 0.402. The van der Waals surface area contributed by atoms with Gasteiger partial charge in [-0.2, -0.15) is 0 Å². The van der Waals surface area contributed by atoms with E-state index in [0.29, 0.717) is 32.2 Å². The van der Waals surface area contributed by atoms with E-state index in [1.165, 1.54) is 6.07 Å². The molecule has 0 aliphatic heterocycles. The molecule has 1 aromatic heterocycles. The van der Waals surface area contributed by atoms with Gasteiger partial charge in [-0.15, -0.1) is 0 Å². The van der Waals surface area contributed by atoms with Crippen LogP contribution in [0.5, 0.6) is 0 Å². The Morgan fingerprint density at radius 3 is 2.80 bits per heavy atom. The zero-order valence-electron chi connectivity index (χ0n) is 11.9. The van der Waals surface area contributed by atoms with Crippen LogP contribution in [0.1, 0.15) is 18.5 Å². The Morgan fingerprint density at radius 1 is 1.30 bits per heavy atom. The van der Waals surface area contributed by atoms with Crippen molar-refractivity contribution in [1.29, 1.82) is 0 Å². The van der Waals surface area contributed by atoms with Gasteiger partial charge in [0.05, 0.1) is 18.1 Å². The predicted octanol–water partition coefficient (Wildman–Crippen LogP) is 2.15. The molecule has 0 radical (unpaired) electrons. The molecule has 0 saturated carbocycles. The second-order valence-corrected chi connectivity index (χ2v) is 4.32. The van der Waals surface area contributed by atoms with Gasteiger partial charge in [-0.3, -0.25) is 10.1 Å². The first-order chi connectivity index (χ1) is 9.65. The van der Waals surface area contributed by atoms with Crippen LogP contribution in [0.4, 0.5) is 11.5 Å². The number of rotatable bonds is 10. The number of anilines is 1. The monoisotopic (exact) mass is 283 g/mol. The van der Waals surface area contributed by atoms with Crippen molar-refractivity contribution in [2.24, 2.45) is 0 Å². The fourth-order valence-electron chi connectivity index (χ4n) is 1.61. The molecule has 1 N–H and O–H groups in total. The largest absolute Gasteiger partial charge is 0.382 e. The van der Waals surface area contributed by atoms with Crippen molar-refractivity contribution >= 4 is 11.5 Å². The summed E-state index contributed by atoms with van der Waals surface area (Å²) < 4.78 is 10.2. The summed E-state index contributed by atoms with van der Waals surface area (Å²) in [6.45, 7) is 4.28. The standard InChI is InChI=1S/C13H21N3O4/c1-11-5-6-12(16(17)18)13(15-11)14-7-3-4-8-20-10-9-19-2/h5-6H,3-4,7-10H2,1-2H3,(H,14,15). The summed E-state index contributed by atoms with van der Waals surface area (Å²) >= 11 is 0. The molecule has 0 aromatic carbocycles. The highest BCUT2D eigenvalue weighted by Gasteiger charge is 2.14. The number of methoxy groups -OCH3 is 1. The Balaban J connectivity index is 2.28. The molecule has 7 heteroatoms. The molecule has 0 bridgehead atoms. The second kappa shape index (κ2) is 9.22. The number of nitrogens with one attached hydrogen (secondary N) is 1. The lowest BCUT2D eigenvalue weighted by Crippen LogP contribution is -2.08. The third-order valence-electron chi connectivity index (χ3n) is 2.65. The summed E-state index contributed by atoms with van der Waals surface area (Å²) in [7, 11) is 1.63. The molecular weight excluding hydrogens is 262 g/mol. The van der Waals surface area contributed by atoms with Gasteiger partial charge in [0.25, 0.3) is 0 Å². The van der Waals surface area contributed by atoms with Crippen molar-refractivity contribution in [1.82, 2.24) is 4.98 Å². The molecule has 0 saturated heterocycles. The van der Waals surface area contributed by atoms with Crippen molar-refractivity contribution in [3.05, 3.63) is 27.9 Å². The molecule has 1 rings (SSSR count). The topological polar surface area (TPSA) is 86.5 Å². The van der Waals surface area contributed by atoms with Crippen molar-refractivity contribution in [2.75, 3.05) is 38.8 Å². The normalized spacial score (nSPS) is 10.5. The zero-order chi connectivity index (χ0) is 14.8. The van der Waals surface area contributed by atoms with E-state index in [1.54, 1.807) is 20.1 Å². The fourth-order valence-corrected chi connectivity index (χ4v) is 1.61. The molecule has 0 fully saturated rings. The van der Waals surface area contributed by atoms with Gasteiger partial charge >= 0.3 is 5.69 Å². The molecule has 1 heterocycles. The minimum Gasteiger partial charge on any atom is -0.382 e. The smallest absolute Gasteiger partial charge is 0.311 e. The van der Waals surface area contributed by atoms with Crippen LogP contribution in [0.15, 0.2) is 12.1 Å². The molecule has 0 atom stereocenters. The summed E-state index contributed by atoms with van der Waals surface area (Å²) in [5.74, 6) is 0.329. The third-order valence-corrected chi connectivity index (χ3v) is 2.65. The molecule has 0 amide bonds. The minimum absolute atomic E-state index is 0.00643. The van der Waals surface area contributed by atoms with Crippen LogP contribution >= 0.6 is 0 Å². The van der Waals surface area contributed by atoms with E-state index in [1.807, 2.05) is 0 Å². The van der Waals surface area contributed by atoms with Gasteiger partial charge in [-0.25, -0.2) is 4.98 Å². The van der Waals surface area contributed by atoms with E-state index in [2.05, 4.69) is 10.3 Å². The first-order valence-electron chi connectivity index (χ1n) is 6.57. The number of pyridine rings is 1. The number of unbranched alkanes of at least 4 members (excludes halogenated alkanes) is 1. The van der Waals surface area contributed by atoms with E-state index in [0.717, 1.165) is 18.5 Å². The van der Waals surface area contributed by atoms with Gasteiger partial charge < -0.3 is 14.8 Å². The maximum absolute atomic E-state index is 10.9. The molecule has 1 aromatic rings. The lowest BCUT2D eigenvalue weighted by molar-refractivity contribution is -0.384.